The third-order valence-electron chi connectivity index (χ3n) is 1.26. The third-order valence-corrected chi connectivity index (χ3v) is 1.26. The average Bonchev–Trinajstić information content (AvgIpc) is 2.03. The molecule has 0 atom stereocenters. The van der Waals surface area contributed by atoms with Crippen LogP contribution in [0.4, 0.5) is 0 Å². The summed E-state index contributed by atoms with van der Waals surface area (Å²) in [5, 5.41) is 17.4. The van der Waals surface area contributed by atoms with Crippen LogP contribution in [0.25, 0.3) is 0 Å². The maximum Gasteiger partial charge on any atom is 0.154 e. The summed E-state index contributed by atoms with van der Waals surface area (Å²) in [7, 11) is 0. The van der Waals surface area contributed by atoms with Crippen molar-refractivity contribution in [1.29, 1.82) is 0 Å². The van der Waals surface area contributed by atoms with Crippen molar-refractivity contribution in [3.05, 3.63) is 23.3 Å². The predicted octanol–water partition coefficient (Wildman–Crippen LogP) is -0.230. The summed E-state index contributed by atoms with van der Waals surface area (Å²) in [6.45, 7) is 1.49. The fourth-order valence-electron chi connectivity index (χ4n) is 0.852. The predicted molar refractivity (Wildman–Crippen MR) is 38.6 cm³/mol. The lowest BCUT2D eigenvalue weighted by Crippen LogP contribution is -2.00. The lowest BCUT2D eigenvalue weighted by Gasteiger charge is -2.00. The Balaban J connectivity index is 3.02. The fourth-order valence-corrected chi connectivity index (χ4v) is 0.852. The van der Waals surface area contributed by atoms with Crippen molar-refractivity contribution < 1.29 is 10.2 Å². The zero-order valence-electron chi connectivity index (χ0n) is 6.28. The second kappa shape index (κ2) is 3.41. The molecule has 0 unspecified atom stereocenters. The SMILES string of the molecule is Cc1cc(CO)nc(CO)n1. The molecule has 1 heterocycles. The number of hydrogen-bond acceptors (Lipinski definition) is 4. The van der Waals surface area contributed by atoms with Gasteiger partial charge in [0.05, 0.1) is 12.3 Å². The molecule has 0 aromatic carbocycles. The smallest absolute Gasteiger partial charge is 0.154 e. The zero-order valence-corrected chi connectivity index (χ0v) is 6.28. The van der Waals surface area contributed by atoms with E-state index in [1.54, 1.807) is 13.0 Å². The van der Waals surface area contributed by atoms with Crippen LogP contribution in [0.5, 0.6) is 0 Å². The summed E-state index contributed by atoms with van der Waals surface area (Å²) >= 11 is 0. The fraction of sp³-hybridized carbons (Fsp3) is 0.429. The number of rotatable bonds is 2. The van der Waals surface area contributed by atoms with E-state index in [2.05, 4.69) is 9.97 Å². The minimum atomic E-state index is -0.186. The van der Waals surface area contributed by atoms with Crippen molar-refractivity contribution in [2.45, 2.75) is 20.1 Å². The van der Waals surface area contributed by atoms with Crippen LogP contribution in [0.2, 0.25) is 0 Å². The number of hydrogen-bond donors (Lipinski definition) is 2. The molecule has 60 valence electrons. The van der Waals surface area contributed by atoms with Gasteiger partial charge in [-0.2, -0.15) is 0 Å². The van der Waals surface area contributed by atoms with Crippen LogP contribution in [0.1, 0.15) is 17.2 Å². The monoisotopic (exact) mass is 154 g/mol. The Morgan fingerprint density at radius 1 is 1.27 bits per heavy atom. The molecule has 0 aliphatic rings. The first-order valence-corrected chi connectivity index (χ1v) is 3.31. The second-order valence-electron chi connectivity index (χ2n) is 2.23. The van der Waals surface area contributed by atoms with E-state index in [-0.39, 0.29) is 13.2 Å². The van der Waals surface area contributed by atoms with Crippen LogP contribution >= 0.6 is 0 Å². The Bertz CT molecular complexity index is 228. The first-order chi connectivity index (χ1) is 5.26. The van der Waals surface area contributed by atoms with Crippen molar-refractivity contribution in [3.63, 3.8) is 0 Å². The van der Waals surface area contributed by atoms with Crippen LogP contribution in [0, 0.1) is 6.92 Å². The maximum atomic E-state index is 8.71. The Morgan fingerprint density at radius 2 is 2.00 bits per heavy atom. The summed E-state index contributed by atoms with van der Waals surface area (Å²) in [5.74, 6) is 0.356. The molecular weight excluding hydrogens is 144 g/mol. The summed E-state index contributed by atoms with van der Waals surface area (Å²) in [4.78, 5) is 7.79. The van der Waals surface area contributed by atoms with Crippen LogP contribution in [-0.2, 0) is 13.2 Å². The molecule has 0 spiro atoms. The molecule has 0 amide bonds. The summed E-state index contributed by atoms with van der Waals surface area (Å²) in [5.41, 5.74) is 1.30. The molecule has 1 rings (SSSR count). The molecule has 0 bridgehead atoms. The lowest BCUT2D eigenvalue weighted by atomic mass is 10.3. The normalized spacial score (nSPS) is 10.1. The minimum absolute atomic E-state index is 0.115. The first kappa shape index (κ1) is 8.10. The van der Waals surface area contributed by atoms with Gasteiger partial charge in [-0.1, -0.05) is 0 Å². The van der Waals surface area contributed by atoms with E-state index < -0.39 is 0 Å². The van der Waals surface area contributed by atoms with Crippen molar-refractivity contribution in [1.82, 2.24) is 9.97 Å². The van der Waals surface area contributed by atoms with Gasteiger partial charge in [0, 0.05) is 5.69 Å². The van der Waals surface area contributed by atoms with Gasteiger partial charge in [0.2, 0.25) is 0 Å². The van der Waals surface area contributed by atoms with Crippen LogP contribution in [0.3, 0.4) is 0 Å². The van der Waals surface area contributed by atoms with Crippen molar-refractivity contribution in [3.8, 4) is 0 Å². The van der Waals surface area contributed by atoms with Crippen molar-refractivity contribution in [2.24, 2.45) is 0 Å². The lowest BCUT2D eigenvalue weighted by molar-refractivity contribution is 0.261. The number of aliphatic hydroxyl groups excluding tert-OH is 2. The van der Waals surface area contributed by atoms with Crippen LogP contribution < -0.4 is 0 Å². The van der Waals surface area contributed by atoms with Gasteiger partial charge in [0.1, 0.15) is 6.61 Å². The summed E-state index contributed by atoms with van der Waals surface area (Å²) in [6.07, 6.45) is 0. The average molecular weight is 154 g/mol. The third kappa shape index (κ3) is 1.96. The molecule has 0 aliphatic carbocycles. The maximum absolute atomic E-state index is 8.71. The van der Waals surface area contributed by atoms with Gasteiger partial charge in [-0.3, -0.25) is 0 Å². The first-order valence-electron chi connectivity index (χ1n) is 3.31. The van der Waals surface area contributed by atoms with Gasteiger partial charge in [-0.15, -0.1) is 0 Å². The number of aliphatic hydroxyl groups is 2. The number of aryl methyl sites for hydroxylation is 1. The van der Waals surface area contributed by atoms with Gasteiger partial charge >= 0.3 is 0 Å². The van der Waals surface area contributed by atoms with E-state index in [4.69, 9.17) is 10.2 Å². The molecule has 0 saturated heterocycles. The highest BCUT2D eigenvalue weighted by Gasteiger charge is 1.98. The van der Waals surface area contributed by atoms with E-state index in [0.29, 0.717) is 11.5 Å². The Kier molecular flexibility index (Phi) is 2.51. The van der Waals surface area contributed by atoms with Gasteiger partial charge in [0.15, 0.2) is 5.82 Å². The Labute approximate surface area is 64.6 Å². The molecule has 0 fully saturated rings. The molecule has 11 heavy (non-hydrogen) atoms. The van der Waals surface area contributed by atoms with Gasteiger partial charge in [-0.25, -0.2) is 9.97 Å². The van der Waals surface area contributed by atoms with E-state index in [9.17, 15) is 0 Å². The van der Waals surface area contributed by atoms with E-state index >= 15 is 0 Å². The minimum Gasteiger partial charge on any atom is -0.390 e. The van der Waals surface area contributed by atoms with Crippen molar-refractivity contribution in [2.75, 3.05) is 0 Å². The van der Waals surface area contributed by atoms with E-state index in [1.165, 1.54) is 0 Å². The molecule has 4 heteroatoms. The van der Waals surface area contributed by atoms with Gasteiger partial charge in [0.25, 0.3) is 0 Å². The van der Waals surface area contributed by atoms with Crippen LogP contribution in [0.15, 0.2) is 6.07 Å². The summed E-state index contributed by atoms with van der Waals surface area (Å²) in [6, 6.07) is 1.68. The van der Waals surface area contributed by atoms with Gasteiger partial charge in [-0.05, 0) is 13.0 Å². The molecule has 0 aliphatic heterocycles. The molecule has 1 aromatic heterocycles. The molecule has 2 N–H and O–H groups in total. The Morgan fingerprint density at radius 3 is 2.55 bits per heavy atom. The Hall–Kier alpha value is -1.00. The van der Waals surface area contributed by atoms with E-state index in [1.807, 2.05) is 0 Å². The molecule has 0 radical (unpaired) electrons. The highest BCUT2D eigenvalue weighted by molar-refractivity contribution is 5.08. The standard InChI is InChI=1S/C7H10N2O2/c1-5-2-6(3-10)9-7(4-11)8-5/h2,10-11H,3-4H2,1H3. The highest BCUT2D eigenvalue weighted by atomic mass is 16.3. The summed E-state index contributed by atoms with van der Waals surface area (Å²) < 4.78 is 0. The van der Waals surface area contributed by atoms with Gasteiger partial charge < -0.3 is 10.2 Å². The number of nitrogens with zero attached hydrogens (tertiary/aromatic N) is 2. The second-order valence-corrected chi connectivity index (χ2v) is 2.23. The number of aromatic nitrogens is 2. The largest absolute Gasteiger partial charge is 0.390 e. The molecule has 4 nitrogen and oxygen atoms in total. The quantitative estimate of drug-likeness (QED) is 0.617. The highest BCUT2D eigenvalue weighted by Crippen LogP contribution is 1.99. The molecule has 1 aromatic rings. The zero-order chi connectivity index (χ0) is 8.27. The topological polar surface area (TPSA) is 66.2 Å². The van der Waals surface area contributed by atoms with Crippen molar-refractivity contribution >= 4 is 0 Å². The van der Waals surface area contributed by atoms with Crippen LogP contribution in [-0.4, -0.2) is 20.2 Å². The molecule has 0 saturated carbocycles. The molecular formula is C7H10N2O2. The van der Waals surface area contributed by atoms with E-state index in [0.717, 1.165) is 5.69 Å².